The minimum atomic E-state index is -3.79. The van der Waals surface area contributed by atoms with Crippen molar-refractivity contribution in [1.82, 2.24) is 4.31 Å². The molecule has 1 aliphatic rings. The molecule has 160 valence electrons. The third-order valence-corrected chi connectivity index (χ3v) is 6.51. The normalized spacial score (nSPS) is 14.9. The summed E-state index contributed by atoms with van der Waals surface area (Å²) in [6, 6.07) is 9.32. The number of amides is 1. The first kappa shape index (κ1) is 21.9. The summed E-state index contributed by atoms with van der Waals surface area (Å²) in [6.07, 6.45) is 0. The van der Waals surface area contributed by atoms with E-state index in [1.807, 2.05) is 0 Å². The lowest BCUT2D eigenvalue weighted by Gasteiger charge is -2.26. The van der Waals surface area contributed by atoms with Gasteiger partial charge < -0.3 is 14.8 Å². The number of morpholine rings is 1. The van der Waals surface area contributed by atoms with E-state index in [1.165, 1.54) is 46.8 Å². The van der Waals surface area contributed by atoms with Crippen molar-refractivity contribution in [2.45, 2.75) is 11.8 Å². The zero-order valence-corrected chi connectivity index (χ0v) is 17.1. The summed E-state index contributed by atoms with van der Waals surface area (Å²) in [5, 5.41) is 2.47. The molecule has 1 amide bonds. The SMILES string of the molecule is Cc1ccc(C(=O)OCC(=O)Nc2ccc(F)cc2)cc1S(=O)(=O)N1CCOCC1. The predicted molar refractivity (Wildman–Crippen MR) is 106 cm³/mol. The Kier molecular flexibility index (Phi) is 6.80. The van der Waals surface area contributed by atoms with E-state index >= 15 is 0 Å². The Morgan fingerprint density at radius 2 is 1.80 bits per heavy atom. The number of rotatable bonds is 6. The van der Waals surface area contributed by atoms with E-state index in [2.05, 4.69) is 5.32 Å². The van der Waals surface area contributed by atoms with Gasteiger partial charge in [0.05, 0.1) is 23.7 Å². The molecule has 1 N–H and O–H groups in total. The summed E-state index contributed by atoms with van der Waals surface area (Å²) < 4.78 is 50.2. The molecular formula is C20H21FN2O6S. The number of nitrogens with one attached hydrogen (secondary N) is 1. The Labute approximate surface area is 173 Å². The Morgan fingerprint density at radius 1 is 1.13 bits per heavy atom. The lowest BCUT2D eigenvalue weighted by molar-refractivity contribution is -0.119. The summed E-state index contributed by atoms with van der Waals surface area (Å²) in [6.45, 7) is 2.15. The number of hydrogen-bond acceptors (Lipinski definition) is 6. The topological polar surface area (TPSA) is 102 Å². The summed E-state index contributed by atoms with van der Waals surface area (Å²) in [5.74, 6) is -1.88. The maximum Gasteiger partial charge on any atom is 0.338 e. The number of sulfonamides is 1. The van der Waals surface area contributed by atoms with Crippen molar-refractivity contribution in [3.8, 4) is 0 Å². The van der Waals surface area contributed by atoms with E-state index in [9.17, 15) is 22.4 Å². The largest absolute Gasteiger partial charge is 0.452 e. The fourth-order valence-corrected chi connectivity index (χ4v) is 4.53. The van der Waals surface area contributed by atoms with E-state index < -0.39 is 34.3 Å². The molecule has 0 atom stereocenters. The Morgan fingerprint density at radius 3 is 2.47 bits per heavy atom. The van der Waals surface area contributed by atoms with Crippen LogP contribution in [0.5, 0.6) is 0 Å². The maximum absolute atomic E-state index is 12.9. The van der Waals surface area contributed by atoms with Gasteiger partial charge >= 0.3 is 5.97 Å². The van der Waals surface area contributed by atoms with Crippen molar-refractivity contribution in [2.24, 2.45) is 0 Å². The van der Waals surface area contributed by atoms with E-state index in [0.717, 1.165) is 0 Å². The van der Waals surface area contributed by atoms with Crippen molar-refractivity contribution in [1.29, 1.82) is 0 Å². The molecule has 1 heterocycles. The van der Waals surface area contributed by atoms with Gasteiger partial charge in [-0.15, -0.1) is 0 Å². The molecule has 30 heavy (non-hydrogen) atoms. The molecule has 2 aromatic rings. The van der Waals surface area contributed by atoms with E-state index in [1.54, 1.807) is 6.92 Å². The second-order valence-corrected chi connectivity index (χ2v) is 8.53. The number of carbonyl (C=O) groups is 2. The monoisotopic (exact) mass is 436 g/mol. The smallest absolute Gasteiger partial charge is 0.338 e. The number of halogens is 1. The molecule has 0 aliphatic carbocycles. The van der Waals surface area contributed by atoms with Crippen LogP contribution in [0.4, 0.5) is 10.1 Å². The minimum absolute atomic E-state index is 0.00890. The van der Waals surface area contributed by atoms with Crippen molar-refractivity contribution >= 4 is 27.6 Å². The third-order valence-electron chi connectivity index (χ3n) is 4.47. The molecule has 1 aliphatic heterocycles. The molecule has 8 nitrogen and oxygen atoms in total. The minimum Gasteiger partial charge on any atom is -0.452 e. The molecule has 2 aromatic carbocycles. The van der Waals surface area contributed by atoms with Crippen LogP contribution in [0.1, 0.15) is 15.9 Å². The Bertz CT molecular complexity index is 1030. The molecule has 1 saturated heterocycles. The average Bonchev–Trinajstić information content (AvgIpc) is 2.74. The van der Waals surface area contributed by atoms with Crippen LogP contribution in [0, 0.1) is 12.7 Å². The zero-order valence-electron chi connectivity index (χ0n) is 16.3. The number of aryl methyl sites for hydroxylation is 1. The highest BCUT2D eigenvalue weighted by atomic mass is 32.2. The number of carbonyl (C=O) groups excluding carboxylic acids is 2. The average molecular weight is 436 g/mol. The van der Waals surface area contributed by atoms with Crippen LogP contribution in [0.15, 0.2) is 47.4 Å². The molecule has 0 unspecified atom stereocenters. The van der Waals surface area contributed by atoms with Gasteiger partial charge in [-0.05, 0) is 48.9 Å². The molecule has 0 saturated carbocycles. The highest BCUT2D eigenvalue weighted by Gasteiger charge is 2.28. The summed E-state index contributed by atoms with van der Waals surface area (Å²) in [4.78, 5) is 24.3. The van der Waals surface area contributed by atoms with Crippen LogP contribution in [0.3, 0.4) is 0 Å². The summed E-state index contributed by atoms with van der Waals surface area (Å²) in [5.41, 5.74) is 0.862. The van der Waals surface area contributed by atoms with Gasteiger partial charge in [0.15, 0.2) is 6.61 Å². The highest BCUT2D eigenvalue weighted by molar-refractivity contribution is 7.89. The number of hydrogen-bond donors (Lipinski definition) is 1. The van der Waals surface area contributed by atoms with Gasteiger partial charge in [0.2, 0.25) is 10.0 Å². The lowest BCUT2D eigenvalue weighted by Crippen LogP contribution is -2.40. The molecular weight excluding hydrogens is 415 g/mol. The van der Waals surface area contributed by atoms with Crippen molar-refractivity contribution < 1.29 is 31.9 Å². The molecule has 3 rings (SSSR count). The quantitative estimate of drug-likeness (QED) is 0.695. The fourth-order valence-electron chi connectivity index (χ4n) is 2.88. The number of benzene rings is 2. The van der Waals surface area contributed by atoms with Crippen LogP contribution in [0.25, 0.3) is 0 Å². The van der Waals surface area contributed by atoms with Crippen LogP contribution in [0.2, 0.25) is 0 Å². The molecule has 0 aromatic heterocycles. The van der Waals surface area contributed by atoms with Gasteiger partial charge in [0.25, 0.3) is 5.91 Å². The van der Waals surface area contributed by atoms with Crippen LogP contribution in [-0.4, -0.2) is 57.5 Å². The van der Waals surface area contributed by atoms with E-state index in [4.69, 9.17) is 9.47 Å². The Balaban J connectivity index is 1.67. The van der Waals surface area contributed by atoms with Crippen molar-refractivity contribution in [3.05, 3.63) is 59.4 Å². The lowest BCUT2D eigenvalue weighted by atomic mass is 10.1. The number of esters is 1. The maximum atomic E-state index is 12.9. The Hall–Kier alpha value is -2.82. The summed E-state index contributed by atoms with van der Waals surface area (Å²) >= 11 is 0. The first-order valence-electron chi connectivity index (χ1n) is 9.18. The molecule has 10 heteroatoms. The second kappa shape index (κ2) is 9.33. The standard InChI is InChI=1S/C20H21FN2O6S/c1-14-2-3-15(12-18(14)30(26,27)23-8-10-28-11-9-23)20(25)29-13-19(24)22-17-6-4-16(21)5-7-17/h2-7,12H,8-11,13H2,1H3,(H,22,24). The first-order chi connectivity index (χ1) is 14.3. The van der Waals surface area contributed by atoms with Gasteiger partial charge in [0.1, 0.15) is 5.82 Å². The first-order valence-corrected chi connectivity index (χ1v) is 10.6. The van der Waals surface area contributed by atoms with Gasteiger partial charge in [0, 0.05) is 18.8 Å². The number of anilines is 1. The number of ether oxygens (including phenoxy) is 2. The van der Waals surface area contributed by atoms with Crippen molar-refractivity contribution in [3.63, 3.8) is 0 Å². The van der Waals surface area contributed by atoms with Crippen LogP contribution < -0.4 is 5.32 Å². The van der Waals surface area contributed by atoms with Crippen molar-refractivity contribution in [2.75, 3.05) is 38.2 Å². The van der Waals surface area contributed by atoms with Crippen LogP contribution in [-0.2, 0) is 24.3 Å². The number of nitrogens with zero attached hydrogens (tertiary/aromatic N) is 1. The molecule has 1 fully saturated rings. The van der Waals surface area contributed by atoms with Gasteiger partial charge in [-0.2, -0.15) is 4.31 Å². The second-order valence-electron chi connectivity index (χ2n) is 6.63. The summed E-state index contributed by atoms with van der Waals surface area (Å²) in [7, 11) is -3.79. The van der Waals surface area contributed by atoms with Gasteiger partial charge in [-0.3, -0.25) is 4.79 Å². The van der Waals surface area contributed by atoms with Gasteiger partial charge in [-0.1, -0.05) is 6.07 Å². The van der Waals surface area contributed by atoms with E-state index in [-0.39, 0.29) is 23.5 Å². The molecule has 0 bridgehead atoms. The van der Waals surface area contributed by atoms with Gasteiger partial charge in [-0.25, -0.2) is 17.6 Å². The molecule has 0 radical (unpaired) electrons. The highest BCUT2D eigenvalue weighted by Crippen LogP contribution is 2.22. The van der Waals surface area contributed by atoms with E-state index in [0.29, 0.717) is 24.5 Å². The predicted octanol–water partition coefficient (Wildman–Crippen LogP) is 1.95. The molecule has 0 spiro atoms. The zero-order chi connectivity index (χ0) is 21.7. The van der Waals surface area contributed by atoms with Crippen LogP contribution >= 0.6 is 0 Å². The fraction of sp³-hybridized carbons (Fsp3) is 0.300. The third kappa shape index (κ3) is 5.21.